The lowest BCUT2D eigenvalue weighted by atomic mass is 10.1. The van der Waals surface area contributed by atoms with Crippen LogP contribution in [-0.4, -0.2) is 30.5 Å². The molecule has 0 unspecified atom stereocenters. The van der Waals surface area contributed by atoms with Gasteiger partial charge < -0.3 is 15.1 Å². The number of oxazole rings is 1. The van der Waals surface area contributed by atoms with E-state index in [-0.39, 0.29) is 5.91 Å². The number of hydrogen-bond donors (Lipinski definition) is 2. The van der Waals surface area contributed by atoms with Crippen LogP contribution in [0.1, 0.15) is 18.7 Å². The molecule has 1 aliphatic heterocycles. The van der Waals surface area contributed by atoms with Gasteiger partial charge in [-0.1, -0.05) is 34.9 Å². The highest BCUT2D eigenvalue weighted by molar-refractivity contribution is 6.36. The second-order valence-electron chi connectivity index (χ2n) is 5.84. The fourth-order valence-corrected chi connectivity index (χ4v) is 3.09. The van der Waals surface area contributed by atoms with Gasteiger partial charge in [-0.15, -0.1) is 0 Å². The van der Waals surface area contributed by atoms with Crippen LogP contribution in [0, 0.1) is 0 Å². The van der Waals surface area contributed by atoms with Crippen molar-refractivity contribution in [1.29, 1.82) is 0 Å². The average molecular weight is 380 g/mol. The van der Waals surface area contributed by atoms with Crippen LogP contribution < -0.4 is 10.6 Å². The van der Waals surface area contributed by atoms with E-state index in [1.165, 1.54) is 5.57 Å². The molecule has 0 bridgehead atoms. The van der Waals surface area contributed by atoms with Gasteiger partial charge in [0.15, 0.2) is 11.7 Å². The number of aromatic nitrogens is 1. The van der Waals surface area contributed by atoms with Crippen molar-refractivity contribution in [2.45, 2.75) is 19.3 Å². The van der Waals surface area contributed by atoms with Crippen LogP contribution in [0.15, 0.2) is 40.5 Å². The average Bonchev–Trinajstić information content (AvgIpc) is 3.08. The molecule has 0 saturated carbocycles. The smallest absolute Gasteiger partial charge is 0.220 e. The summed E-state index contributed by atoms with van der Waals surface area (Å²) < 4.78 is 5.70. The number of nitrogens with zero attached hydrogens (tertiary/aromatic N) is 1. The van der Waals surface area contributed by atoms with Gasteiger partial charge in [0.2, 0.25) is 5.91 Å². The van der Waals surface area contributed by atoms with Crippen LogP contribution in [0.4, 0.5) is 0 Å². The lowest BCUT2D eigenvalue weighted by Gasteiger charge is -2.14. The van der Waals surface area contributed by atoms with Crippen molar-refractivity contribution < 1.29 is 9.21 Å². The van der Waals surface area contributed by atoms with Gasteiger partial charge in [-0.25, -0.2) is 4.98 Å². The molecule has 5 nitrogen and oxygen atoms in total. The van der Waals surface area contributed by atoms with Gasteiger partial charge >= 0.3 is 0 Å². The number of rotatable bonds is 6. The van der Waals surface area contributed by atoms with Crippen LogP contribution in [0.5, 0.6) is 0 Å². The Hall–Kier alpha value is -1.82. The van der Waals surface area contributed by atoms with Crippen molar-refractivity contribution in [2.24, 2.45) is 0 Å². The Morgan fingerprint density at radius 2 is 2.24 bits per heavy atom. The minimum absolute atomic E-state index is 0.0105. The Kier molecular flexibility index (Phi) is 6.13. The summed E-state index contributed by atoms with van der Waals surface area (Å²) in [6, 6.07) is 5.19. The first-order valence-electron chi connectivity index (χ1n) is 8.17. The Morgan fingerprint density at radius 1 is 1.36 bits per heavy atom. The summed E-state index contributed by atoms with van der Waals surface area (Å²) in [5.41, 5.74) is 2.00. The third-order valence-electron chi connectivity index (χ3n) is 3.99. The first-order valence-corrected chi connectivity index (χ1v) is 8.93. The molecule has 2 N–H and O–H groups in total. The third-order valence-corrected chi connectivity index (χ3v) is 4.53. The Labute approximate surface area is 156 Å². The monoisotopic (exact) mass is 379 g/mol. The zero-order valence-electron chi connectivity index (χ0n) is 13.6. The number of hydrogen-bond acceptors (Lipinski definition) is 4. The second kappa shape index (κ2) is 8.52. The minimum atomic E-state index is -0.0105. The van der Waals surface area contributed by atoms with Crippen molar-refractivity contribution in [3.05, 3.63) is 52.0 Å². The van der Waals surface area contributed by atoms with E-state index in [0.717, 1.165) is 25.1 Å². The highest BCUT2D eigenvalue weighted by Crippen LogP contribution is 2.30. The van der Waals surface area contributed by atoms with Crippen LogP contribution >= 0.6 is 23.2 Å². The maximum Gasteiger partial charge on any atom is 0.220 e. The lowest BCUT2D eigenvalue weighted by molar-refractivity contribution is -0.120. The van der Waals surface area contributed by atoms with E-state index in [2.05, 4.69) is 21.7 Å². The van der Waals surface area contributed by atoms with Gasteiger partial charge in [0, 0.05) is 36.5 Å². The van der Waals surface area contributed by atoms with Gasteiger partial charge in [0.05, 0.1) is 11.2 Å². The third kappa shape index (κ3) is 5.08. The molecular formula is C18H19Cl2N3O2. The minimum Gasteiger partial charge on any atom is -0.441 e. The molecule has 0 radical (unpaired) electrons. The standard InChI is InChI=1S/C18H19Cl2N3O2/c19-13-1-2-14(15(20)9-13)16-11-23-18(25-16)4-3-17(24)22-10-12-5-7-21-8-6-12/h1-2,5,9,11,21H,3-4,6-8,10H2,(H,22,24). The molecule has 132 valence electrons. The first kappa shape index (κ1) is 18.0. The zero-order valence-corrected chi connectivity index (χ0v) is 15.2. The molecule has 0 fully saturated rings. The van der Waals surface area contributed by atoms with E-state index in [1.807, 2.05) is 0 Å². The summed E-state index contributed by atoms with van der Waals surface area (Å²) in [5, 5.41) is 7.25. The first-order chi connectivity index (χ1) is 12.1. The van der Waals surface area contributed by atoms with E-state index in [1.54, 1.807) is 24.4 Å². The molecule has 1 aromatic carbocycles. The predicted octanol–water partition coefficient (Wildman–Crippen LogP) is 3.62. The molecule has 1 aliphatic rings. The van der Waals surface area contributed by atoms with E-state index in [9.17, 15) is 4.79 Å². The second-order valence-corrected chi connectivity index (χ2v) is 6.68. The van der Waals surface area contributed by atoms with Crippen molar-refractivity contribution in [2.75, 3.05) is 19.6 Å². The maximum atomic E-state index is 12.0. The molecule has 0 saturated heterocycles. The van der Waals surface area contributed by atoms with Crippen LogP contribution in [-0.2, 0) is 11.2 Å². The van der Waals surface area contributed by atoms with Gasteiger partial charge in [0.1, 0.15) is 0 Å². The van der Waals surface area contributed by atoms with Crippen molar-refractivity contribution in [1.82, 2.24) is 15.6 Å². The van der Waals surface area contributed by atoms with Gasteiger partial charge in [-0.2, -0.15) is 0 Å². The summed E-state index contributed by atoms with van der Waals surface area (Å²) in [5.74, 6) is 1.07. The van der Waals surface area contributed by atoms with Crippen LogP contribution in [0.3, 0.4) is 0 Å². The van der Waals surface area contributed by atoms with Gasteiger partial charge in [-0.3, -0.25) is 4.79 Å². The van der Waals surface area contributed by atoms with Crippen LogP contribution in [0.25, 0.3) is 11.3 Å². The fraction of sp³-hybridized carbons (Fsp3) is 0.333. The predicted molar refractivity (Wildman–Crippen MR) is 98.9 cm³/mol. The number of nitrogens with one attached hydrogen (secondary N) is 2. The zero-order chi connectivity index (χ0) is 17.6. The van der Waals surface area contributed by atoms with Crippen molar-refractivity contribution in [3.8, 4) is 11.3 Å². The molecule has 0 aliphatic carbocycles. The molecular weight excluding hydrogens is 361 g/mol. The summed E-state index contributed by atoms with van der Waals surface area (Å²) in [6.07, 6.45) is 5.49. The number of benzene rings is 1. The Bertz CT molecular complexity index is 786. The summed E-state index contributed by atoms with van der Waals surface area (Å²) >= 11 is 12.1. The normalized spacial score (nSPS) is 14.2. The topological polar surface area (TPSA) is 67.2 Å². The fourth-order valence-electron chi connectivity index (χ4n) is 2.59. The van der Waals surface area contributed by atoms with E-state index >= 15 is 0 Å². The highest BCUT2D eigenvalue weighted by atomic mass is 35.5. The van der Waals surface area contributed by atoms with E-state index in [4.69, 9.17) is 27.6 Å². The molecule has 0 atom stereocenters. The largest absolute Gasteiger partial charge is 0.441 e. The van der Waals surface area contributed by atoms with Gasteiger partial charge in [-0.05, 0) is 31.2 Å². The maximum absolute atomic E-state index is 12.0. The molecule has 1 amide bonds. The van der Waals surface area contributed by atoms with Crippen molar-refractivity contribution >= 4 is 29.1 Å². The molecule has 25 heavy (non-hydrogen) atoms. The molecule has 2 aromatic rings. The molecule has 2 heterocycles. The van der Waals surface area contributed by atoms with E-state index in [0.29, 0.717) is 41.1 Å². The van der Waals surface area contributed by atoms with Crippen LogP contribution in [0.2, 0.25) is 10.0 Å². The molecule has 1 aromatic heterocycles. The number of carbonyl (C=O) groups excluding carboxylic acids is 1. The summed E-state index contributed by atoms with van der Waals surface area (Å²) in [6.45, 7) is 2.45. The SMILES string of the molecule is O=C(CCc1ncc(-c2ccc(Cl)cc2Cl)o1)NCC1=CCNCC1. The summed E-state index contributed by atoms with van der Waals surface area (Å²) in [7, 11) is 0. The lowest BCUT2D eigenvalue weighted by Crippen LogP contribution is -2.29. The number of aryl methyl sites for hydroxylation is 1. The number of halogens is 2. The molecule has 7 heteroatoms. The molecule has 3 rings (SSSR count). The highest BCUT2D eigenvalue weighted by Gasteiger charge is 2.12. The van der Waals surface area contributed by atoms with E-state index < -0.39 is 0 Å². The van der Waals surface area contributed by atoms with Crippen molar-refractivity contribution in [3.63, 3.8) is 0 Å². The van der Waals surface area contributed by atoms with Gasteiger partial charge in [0.25, 0.3) is 0 Å². The number of carbonyl (C=O) groups is 1. The Morgan fingerprint density at radius 3 is 3.00 bits per heavy atom. The summed E-state index contributed by atoms with van der Waals surface area (Å²) in [4.78, 5) is 16.2. The number of amides is 1. The molecule has 0 spiro atoms. The Balaban J connectivity index is 1.51. The quantitative estimate of drug-likeness (QED) is 0.752.